The maximum Gasteiger partial charge on any atom is 0.0285 e. The fourth-order valence-corrected chi connectivity index (χ4v) is 3.07. The Balaban J connectivity index is 2.55. The Hall–Kier alpha value is 0.140. The van der Waals surface area contributed by atoms with Gasteiger partial charge in [0.15, 0.2) is 0 Å². The number of hydrogen-bond donors (Lipinski definition) is 1. The topological polar surface area (TPSA) is 12.0 Å². The van der Waals surface area contributed by atoms with Crippen LogP contribution in [0.15, 0.2) is 15.9 Å². The van der Waals surface area contributed by atoms with Gasteiger partial charge in [0.2, 0.25) is 0 Å². The average molecular weight is 276 g/mol. The largest absolute Gasteiger partial charge is 0.319 e. The first-order chi connectivity index (χ1) is 6.63. The SMILES string of the molecule is CNCC(Cc1cc(Br)cs1)C(C)C. The molecule has 0 aliphatic rings. The van der Waals surface area contributed by atoms with Crippen LogP contribution < -0.4 is 5.32 Å². The highest BCUT2D eigenvalue weighted by Crippen LogP contribution is 2.24. The Morgan fingerprint density at radius 1 is 1.50 bits per heavy atom. The molecule has 0 saturated heterocycles. The Bertz CT molecular complexity index is 270. The predicted octanol–water partition coefficient (Wildman–Crippen LogP) is 3.54. The molecular weight excluding hydrogens is 258 g/mol. The summed E-state index contributed by atoms with van der Waals surface area (Å²) in [6, 6.07) is 2.23. The normalized spacial score (nSPS) is 13.5. The summed E-state index contributed by atoms with van der Waals surface area (Å²) in [6.45, 7) is 5.70. The molecule has 0 aliphatic heterocycles. The van der Waals surface area contributed by atoms with Crippen LogP contribution in [0.2, 0.25) is 0 Å². The van der Waals surface area contributed by atoms with Crippen LogP contribution in [0.5, 0.6) is 0 Å². The van der Waals surface area contributed by atoms with E-state index in [1.165, 1.54) is 15.8 Å². The quantitative estimate of drug-likeness (QED) is 0.867. The third kappa shape index (κ3) is 3.71. The minimum atomic E-state index is 0.739. The van der Waals surface area contributed by atoms with Crippen LogP contribution in [0.25, 0.3) is 0 Å². The van der Waals surface area contributed by atoms with Crippen LogP contribution in [0, 0.1) is 11.8 Å². The van der Waals surface area contributed by atoms with E-state index in [1.807, 2.05) is 18.4 Å². The van der Waals surface area contributed by atoms with Gasteiger partial charge in [0.1, 0.15) is 0 Å². The summed E-state index contributed by atoms with van der Waals surface area (Å²) in [5.41, 5.74) is 0. The van der Waals surface area contributed by atoms with E-state index in [2.05, 4.69) is 46.5 Å². The van der Waals surface area contributed by atoms with Crippen LogP contribution >= 0.6 is 27.3 Å². The molecule has 1 nitrogen and oxygen atoms in total. The summed E-state index contributed by atoms with van der Waals surface area (Å²) < 4.78 is 1.21. The van der Waals surface area contributed by atoms with Gasteiger partial charge in [-0.15, -0.1) is 11.3 Å². The molecule has 0 bridgehead atoms. The molecular formula is C11H18BrNS. The summed E-state index contributed by atoms with van der Waals surface area (Å²) in [5.74, 6) is 1.48. The molecule has 80 valence electrons. The number of rotatable bonds is 5. The van der Waals surface area contributed by atoms with E-state index in [0.29, 0.717) is 0 Å². The third-order valence-electron chi connectivity index (χ3n) is 2.49. The smallest absolute Gasteiger partial charge is 0.0285 e. The average Bonchev–Trinajstić information content (AvgIpc) is 2.50. The zero-order chi connectivity index (χ0) is 10.6. The minimum Gasteiger partial charge on any atom is -0.319 e. The molecule has 14 heavy (non-hydrogen) atoms. The fraction of sp³-hybridized carbons (Fsp3) is 0.636. The van der Waals surface area contributed by atoms with E-state index in [1.54, 1.807) is 0 Å². The maximum atomic E-state index is 3.49. The van der Waals surface area contributed by atoms with Crippen molar-refractivity contribution in [1.29, 1.82) is 0 Å². The van der Waals surface area contributed by atoms with E-state index < -0.39 is 0 Å². The van der Waals surface area contributed by atoms with E-state index >= 15 is 0 Å². The lowest BCUT2D eigenvalue weighted by atomic mass is 9.92. The fourth-order valence-electron chi connectivity index (χ4n) is 1.53. The molecule has 0 saturated carbocycles. The van der Waals surface area contributed by atoms with Gasteiger partial charge in [-0.05, 0) is 53.8 Å². The highest BCUT2D eigenvalue weighted by molar-refractivity contribution is 9.10. The van der Waals surface area contributed by atoms with Crippen molar-refractivity contribution in [2.45, 2.75) is 20.3 Å². The lowest BCUT2D eigenvalue weighted by molar-refractivity contribution is 0.372. The minimum absolute atomic E-state index is 0.739. The number of thiophene rings is 1. The molecule has 0 fully saturated rings. The first-order valence-corrected chi connectivity index (χ1v) is 6.68. The monoisotopic (exact) mass is 275 g/mol. The zero-order valence-electron chi connectivity index (χ0n) is 9.01. The van der Waals surface area contributed by atoms with E-state index in [9.17, 15) is 0 Å². The molecule has 1 atom stereocenters. The molecule has 0 spiro atoms. The van der Waals surface area contributed by atoms with Crippen molar-refractivity contribution >= 4 is 27.3 Å². The molecule has 0 amide bonds. The molecule has 1 aromatic rings. The molecule has 0 aliphatic carbocycles. The number of halogens is 1. The van der Waals surface area contributed by atoms with Gasteiger partial charge in [-0.3, -0.25) is 0 Å². The van der Waals surface area contributed by atoms with Crippen LogP contribution in [0.4, 0.5) is 0 Å². The van der Waals surface area contributed by atoms with Crippen LogP contribution in [0.3, 0.4) is 0 Å². The molecule has 1 heterocycles. The van der Waals surface area contributed by atoms with Crippen molar-refractivity contribution in [3.8, 4) is 0 Å². The molecule has 0 aromatic carbocycles. The second-order valence-corrected chi connectivity index (χ2v) is 5.91. The highest BCUT2D eigenvalue weighted by atomic mass is 79.9. The molecule has 3 heteroatoms. The molecule has 1 unspecified atom stereocenters. The Labute approximate surface area is 99.0 Å². The first-order valence-electron chi connectivity index (χ1n) is 5.01. The second kappa shape index (κ2) is 5.89. The lowest BCUT2D eigenvalue weighted by Crippen LogP contribution is -2.24. The van der Waals surface area contributed by atoms with Crippen LogP contribution in [-0.2, 0) is 6.42 Å². The summed E-state index contributed by atoms with van der Waals surface area (Å²) in [5, 5.41) is 5.43. The molecule has 1 N–H and O–H groups in total. The van der Waals surface area contributed by atoms with Gasteiger partial charge in [-0.25, -0.2) is 0 Å². The van der Waals surface area contributed by atoms with Crippen molar-refractivity contribution in [2.75, 3.05) is 13.6 Å². The van der Waals surface area contributed by atoms with Crippen molar-refractivity contribution in [3.63, 3.8) is 0 Å². The zero-order valence-corrected chi connectivity index (χ0v) is 11.4. The van der Waals surface area contributed by atoms with Gasteiger partial charge in [-0.1, -0.05) is 13.8 Å². The van der Waals surface area contributed by atoms with Gasteiger partial charge in [0.25, 0.3) is 0 Å². The van der Waals surface area contributed by atoms with Crippen molar-refractivity contribution in [2.24, 2.45) is 11.8 Å². The number of nitrogens with one attached hydrogen (secondary N) is 1. The predicted molar refractivity (Wildman–Crippen MR) is 68.0 cm³/mol. The highest BCUT2D eigenvalue weighted by Gasteiger charge is 2.13. The van der Waals surface area contributed by atoms with Gasteiger partial charge in [0, 0.05) is 14.7 Å². The van der Waals surface area contributed by atoms with Gasteiger partial charge in [0.05, 0.1) is 0 Å². The lowest BCUT2D eigenvalue weighted by Gasteiger charge is -2.19. The van der Waals surface area contributed by atoms with Crippen molar-refractivity contribution in [1.82, 2.24) is 5.32 Å². The summed E-state index contributed by atoms with van der Waals surface area (Å²) in [6.07, 6.45) is 1.19. The summed E-state index contributed by atoms with van der Waals surface area (Å²) in [4.78, 5) is 1.48. The maximum absolute atomic E-state index is 3.49. The van der Waals surface area contributed by atoms with Crippen molar-refractivity contribution in [3.05, 3.63) is 20.8 Å². The third-order valence-corrected chi connectivity index (χ3v) is 4.21. The summed E-state index contributed by atoms with van der Waals surface area (Å²) in [7, 11) is 2.03. The van der Waals surface area contributed by atoms with E-state index in [-0.39, 0.29) is 0 Å². The van der Waals surface area contributed by atoms with Gasteiger partial charge < -0.3 is 5.32 Å². The van der Waals surface area contributed by atoms with Crippen molar-refractivity contribution < 1.29 is 0 Å². The van der Waals surface area contributed by atoms with Gasteiger partial charge in [-0.2, -0.15) is 0 Å². The van der Waals surface area contributed by atoms with Crippen LogP contribution in [-0.4, -0.2) is 13.6 Å². The van der Waals surface area contributed by atoms with E-state index in [0.717, 1.165) is 18.4 Å². The molecule has 1 aromatic heterocycles. The molecule has 1 rings (SSSR count). The van der Waals surface area contributed by atoms with E-state index in [4.69, 9.17) is 0 Å². The Kier molecular flexibility index (Phi) is 5.13. The van der Waals surface area contributed by atoms with Crippen LogP contribution in [0.1, 0.15) is 18.7 Å². The Morgan fingerprint density at radius 2 is 2.21 bits per heavy atom. The standard InChI is InChI=1S/C11H18BrNS/c1-8(2)9(6-13-3)4-11-5-10(12)7-14-11/h5,7-9,13H,4,6H2,1-3H3. The second-order valence-electron chi connectivity index (χ2n) is 4.00. The summed E-state index contributed by atoms with van der Waals surface area (Å²) >= 11 is 5.34. The number of hydrogen-bond acceptors (Lipinski definition) is 2. The van der Waals surface area contributed by atoms with Gasteiger partial charge >= 0.3 is 0 Å². The molecule has 0 radical (unpaired) electrons. The first kappa shape index (κ1) is 12.2. The Morgan fingerprint density at radius 3 is 2.64 bits per heavy atom.